The van der Waals surface area contributed by atoms with Gasteiger partial charge in [0, 0.05) is 10.4 Å². The largest absolute Gasteiger partial charge is 0.365 e. The number of benzene rings is 1. The van der Waals surface area contributed by atoms with Gasteiger partial charge in [-0.15, -0.1) is 11.3 Å². The molecule has 1 unspecified atom stereocenters. The summed E-state index contributed by atoms with van der Waals surface area (Å²) in [6.07, 6.45) is 4.54. The lowest BCUT2D eigenvalue weighted by molar-refractivity contribution is -0.115. The van der Waals surface area contributed by atoms with E-state index in [4.69, 9.17) is 5.73 Å². The Bertz CT molecular complexity index is 1140. The molecule has 1 aliphatic carbocycles. The van der Waals surface area contributed by atoms with Crippen molar-refractivity contribution in [2.75, 3.05) is 5.32 Å². The number of fused-ring (bicyclic) bond motifs is 1. The monoisotopic (exact) mass is 466 g/mol. The van der Waals surface area contributed by atoms with Crippen molar-refractivity contribution in [3.8, 4) is 11.3 Å². The highest BCUT2D eigenvalue weighted by Gasteiger charge is 2.27. The highest BCUT2D eigenvalue weighted by Crippen LogP contribution is 2.38. The van der Waals surface area contributed by atoms with Crippen LogP contribution in [0, 0.1) is 6.92 Å². The molecule has 4 rings (SSSR count). The van der Waals surface area contributed by atoms with E-state index < -0.39 is 5.91 Å². The molecule has 3 N–H and O–H groups in total. The summed E-state index contributed by atoms with van der Waals surface area (Å²) in [7, 11) is 0. The topological polar surface area (TPSA) is 98.0 Å². The number of thiophene rings is 1. The Labute approximate surface area is 196 Å². The van der Waals surface area contributed by atoms with Gasteiger partial charge in [0.2, 0.25) is 5.91 Å². The first-order valence-corrected chi connectivity index (χ1v) is 12.5. The minimum absolute atomic E-state index is 0.142. The second-order valence-corrected chi connectivity index (χ2v) is 10.1. The lowest BCUT2D eigenvalue weighted by Gasteiger charge is -2.15. The average molecular weight is 467 g/mol. The van der Waals surface area contributed by atoms with Crippen LogP contribution in [-0.2, 0) is 17.6 Å². The Morgan fingerprint density at radius 1 is 1.19 bits per heavy atom. The lowest BCUT2D eigenvalue weighted by Crippen LogP contribution is -2.26. The van der Waals surface area contributed by atoms with E-state index in [-0.39, 0.29) is 11.2 Å². The van der Waals surface area contributed by atoms with E-state index in [2.05, 4.69) is 15.3 Å². The summed E-state index contributed by atoms with van der Waals surface area (Å²) in [5.74, 6) is 0.0431. The van der Waals surface area contributed by atoms with E-state index >= 15 is 0 Å². The van der Waals surface area contributed by atoms with Crippen LogP contribution in [0.4, 0.5) is 5.00 Å². The van der Waals surface area contributed by atoms with Gasteiger partial charge in [-0.3, -0.25) is 9.59 Å². The van der Waals surface area contributed by atoms with E-state index in [0.717, 1.165) is 47.5 Å². The van der Waals surface area contributed by atoms with Gasteiger partial charge in [0.25, 0.3) is 5.91 Å². The number of anilines is 1. The Morgan fingerprint density at radius 2 is 1.94 bits per heavy atom. The molecular weight excluding hydrogens is 440 g/mol. The fraction of sp³-hybridized carbons (Fsp3) is 0.333. The maximum absolute atomic E-state index is 13.2. The van der Waals surface area contributed by atoms with Crippen LogP contribution in [0.3, 0.4) is 0 Å². The molecule has 2 aromatic heterocycles. The van der Waals surface area contributed by atoms with Crippen molar-refractivity contribution in [3.63, 3.8) is 0 Å². The molecule has 32 heavy (non-hydrogen) atoms. The van der Waals surface area contributed by atoms with Gasteiger partial charge in [0.1, 0.15) is 15.9 Å². The molecule has 8 heteroatoms. The van der Waals surface area contributed by atoms with Crippen molar-refractivity contribution in [2.45, 2.75) is 56.2 Å². The third-order valence-electron chi connectivity index (χ3n) is 5.46. The Kier molecular flexibility index (Phi) is 6.91. The molecule has 0 fully saturated rings. The normalized spacial score (nSPS) is 13.9. The maximum Gasteiger partial charge on any atom is 0.251 e. The number of aryl methyl sites for hydroxylation is 2. The molecular formula is C24H26N4O2S2. The number of nitrogens with two attached hydrogens (primary N) is 1. The number of amides is 2. The maximum atomic E-state index is 13.2. The van der Waals surface area contributed by atoms with Gasteiger partial charge >= 0.3 is 0 Å². The predicted molar refractivity (Wildman–Crippen MR) is 130 cm³/mol. The van der Waals surface area contributed by atoms with Crippen molar-refractivity contribution >= 4 is 39.9 Å². The molecule has 0 saturated heterocycles. The molecule has 166 valence electrons. The number of carbonyl (C=O) groups is 2. The highest BCUT2D eigenvalue weighted by atomic mass is 32.2. The van der Waals surface area contributed by atoms with E-state index in [0.29, 0.717) is 22.8 Å². The van der Waals surface area contributed by atoms with Gasteiger partial charge in [0.15, 0.2) is 0 Å². The first kappa shape index (κ1) is 22.5. The first-order valence-electron chi connectivity index (χ1n) is 10.8. The van der Waals surface area contributed by atoms with Gasteiger partial charge in [-0.1, -0.05) is 49.0 Å². The number of hydrogen-bond donors (Lipinski definition) is 2. The van der Waals surface area contributed by atoms with Crippen LogP contribution in [-0.4, -0.2) is 27.0 Å². The number of thioether (sulfide) groups is 1. The minimum atomic E-state index is -0.473. The zero-order valence-electron chi connectivity index (χ0n) is 18.2. The fourth-order valence-corrected chi connectivity index (χ4v) is 6.22. The van der Waals surface area contributed by atoms with E-state index in [1.165, 1.54) is 28.0 Å². The second-order valence-electron chi connectivity index (χ2n) is 7.79. The van der Waals surface area contributed by atoms with Crippen molar-refractivity contribution in [3.05, 3.63) is 58.2 Å². The van der Waals surface area contributed by atoms with Crippen LogP contribution in [0.5, 0.6) is 0 Å². The molecule has 0 radical (unpaired) electrons. The molecule has 2 heterocycles. The summed E-state index contributed by atoms with van der Waals surface area (Å²) >= 11 is 2.90. The Balaban J connectivity index is 1.55. The van der Waals surface area contributed by atoms with Crippen LogP contribution < -0.4 is 11.1 Å². The van der Waals surface area contributed by atoms with Gasteiger partial charge in [-0.05, 0) is 50.7 Å². The average Bonchev–Trinajstić information content (AvgIpc) is 3.15. The highest BCUT2D eigenvalue weighted by molar-refractivity contribution is 8.00. The van der Waals surface area contributed by atoms with E-state index in [1.54, 1.807) is 0 Å². The van der Waals surface area contributed by atoms with Gasteiger partial charge < -0.3 is 11.1 Å². The van der Waals surface area contributed by atoms with Crippen LogP contribution in [0.2, 0.25) is 0 Å². The van der Waals surface area contributed by atoms with Gasteiger partial charge in [0.05, 0.1) is 16.5 Å². The first-order chi connectivity index (χ1) is 15.5. The summed E-state index contributed by atoms with van der Waals surface area (Å²) in [6.45, 7) is 3.82. The molecule has 0 saturated carbocycles. The summed E-state index contributed by atoms with van der Waals surface area (Å²) < 4.78 is 0. The predicted octanol–water partition coefficient (Wildman–Crippen LogP) is 5.00. The molecule has 6 nitrogen and oxygen atoms in total. The van der Waals surface area contributed by atoms with Crippen molar-refractivity contribution in [2.24, 2.45) is 5.73 Å². The third-order valence-corrected chi connectivity index (χ3v) is 7.95. The molecule has 0 aliphatic heterocycles. The standard InChI is InChI=1S/C24H26N4O2S2/c1-3-18(31-20-13-17(26-14(2)27-20)15-9-5-4-6-10-15)23(30)28-24-21(22(25)29)16-11-7-8-12-19(16)32-24/h4-6,9-10,13,18H,3,7-8,11-12H2,1-2H3,(H2,25,29)(H,28,30). The Hall–Kier alpha value is -2.71. The molecule has 3 aromatic rings. The molecule has 1 aromatic carbocycles. The van der Waals surface area contributed by atoms with Gasteiger partial charge in [-0.2, -0.15) is 0 Å². The number of nitrogens with zero attached hydrogens (tertiary/aromatic N) is 2. The number of hydrogen-bond acceptors (Lipinski definition) is 6. The molecule has 0 spiro atoms. The number of carbonyl (C=O) groups excluding carboxylic acids is 2. The van der Waals surface area contributed by atoms with Crippen LogP contribution in [0.15, 0.2) is 41.4 Å². The third kappa shape index (κ3) is 4.86. The zero-order valence-corrected chi connectivity index (χ0v) is 19.8. The number of rotatable bonds is 7. The van der Waals surface area contributed by atoms with Crippen LogP contribution >= 0.6 is 23.1 Å². The smallest absolute Gasteiger partial charge is 0.251 e. The fourth-order valence-electron chi connectivity index (χ4n) is 3.93. The van der Waals surface area contributed by atoms with E-state index in [9.17, 15) is 9.59 Å². The number of nitrogens with one attached hydrogen (secondary N) is 1. The van der Waals surface area contributed by atoms with Gasteiger partial charge in [-0.25, -0.2) is 9.97 Å². The number of primary amides is 1. The molecule has 1 atom stereocenters. The van der Waals surface area contributed by atoms with Crippen molar-refractivity contribution in [1.29, 1.82) is 0 Å². The summed E-state index contributed by atoms with van der Waals surface area (Å²) in [5, 5.41) is 3.97. The SMILES string of the molecule is CCC(Sc1cc(-c2ccccc2)nc(C)n1)C(=O)Nc1sc2c(c1C(N)=O)CCCC2. The summed E-state index contributed by atoms with van der Waals surface area (Å²) in [6, 6.07) is 11.8. The van der Waals surface area contributed by atoms with Crippen molar-refractivity contribution < 1.29 is 9.59 Å². The molecule has 0 bridgehead atoms. The zero-order chi connectivity index (χ0) is 22.7. The lowest BCUT2D eigenvalue weighted by atomic mass is 9.95. The van der Waals surface area contributed by atoms with Crippen LogP contribution in [0.1, 0.15) is 52.8 Å². The van der Waals surface area contributed by atoms with Crippen molar-refractivity contribution in [1.82, 2.24) is 9.97 Å². The van der Waals surface area contributed by atoms with E-state index in [1.807, 2.05) is 50.2 Å². The minimum Gasteiger partial charge on any atom is -0.365 e. The summed E-state index contributed by atoms with van der Waals surface area (Å²) in [5.41, 5.74) is 9.02. The quantitative estimate of drug-likeness (QED) is 0.377. The second kappa shape index (κ2) is 9.83. The molecule has 2 amide bonds. The number of aromatic nitrogens is 2. The van der Waals surface area contributed by atoms with Crippen LogP contribution in [0.25, 0.3) is 11.3 Å². The Morgan fingerprint density at radius 3 is 2.66 bits per heavy atom. The molecule has 1 aliphatic rings. The summed E-state index contributed by atoms with van der Waals surface area (Å²) in [4.78, 5) is 35.5.